The zero-order chi connectivity index (χ0) is 14.7. The van der Waals surface area contributed by atoms with E-state index in [2.05, 4.69) is 9.97 Å². The molecule has 0 atom stereocenters. The van der Waals surface area contributed by atoms with Crippen LogP contribution >= 0.6 is 0 Å². The summed E-state index contributed by atoms with van der Waals surface area (Å²) in [7, 11) is 0. The lowest BCUT2D eigenvalue weighted by Crippen LogP contribution is -2.39. The van der Waals surface area contributed by atoms with E-state index in [0.29, 0.717) is 17.0 Å². The minimum absolute atomic E-state index is 0.396. The molecule has 0 aliphatic carbocycles. The number of aromatic nitrogens is 2. The van der Waals surface area contributed by atoms with Crippen LogP contribution in [0.1, 0.15) is 17.0 Å². The number of nitrogens with one attached hydrogen (secondary N) is 1. The zero-order valence-electron chi connectivity index (χ0n) is 11.2. The maximum absolute atomic E-state index is 12.3. The molecule has 0 radical (unpaired) electrons. The molecule has 3 rings (SSSR count). The highest BCUT2D eigenvalue weighted by molar-refractivity contribution is 5.89. The molecule has 3 aromatic rings. The average molecular weight is 278 g/mol. The standard InChI is InChI=1S/C17H14N2O2/c20-16(21)17(15-18-11-12-19-15,13-7-3-1-4-8-13)14-9-5-2-6-10-14/h1-12H,(H,18,19)(H,20,21). The second-order valence-corrected chi connectivity index (χ2v) is 4.72. The van der Waals surface area contributed by atoms with E-state index in [9.17, 15) is 9.90 Å². The van der Waals surface area contributed by atoms with Crippen molar-refractivity contribution in [3.8, 4) is 0 Å². The van der Waals surface area contributed by atoms with Gasteiger partial charge in [-0.25, -0.2) is 4.98 Å². The average Bonchev–Trinajstić information content (AvgIpc) is 3.04. The van der Waals surface area contributed by atoms with Crippen LogP contribution in [0.5, 0.6) is 0 Å². The second kappa shape index (κ2) is 5.25. The number of hydrogen-bond acceptors (Lipinski definition) is 2. The van der Waals surface area contributed by atoms with Crippen molar-refractivity contribution in [1.29, 1.82) is 0 Å². The Labute approximate surface area is 122 Å². The van der Waals surface area contributed by atoms with Gasteiger partial charge in [-0.15, -0.1) is 0 Å². The Bertz CT molecular complexity index is 683. The summed E-state index contributed by atoms with van der Waals surface area (Å²) in [5.41, 5.74) is -0.0104. The Kier molecular flexibility index (Phi) is 3.28. The van der Waals surface area contributed by atoms with Gasteiger partial charge in [-0.3, -0.25) is 4.79 Å². The fraction of sp³-hybridized carbons (Fsp3) is 0.0588. The summed E-state index contributed by atoms with van der Waals surface area (Å²) in [5, 5.41) is 10.0. The Morgan fingerprint density at radius 1 is 0.952 bits per heavy atom. The van der Waals surface area contributed by atoms with Crippen molar-refractivity contribution in [2.24, 2.45) is 0 Å². The van der Waals surface area contributed by atoms with Crippen LogP contribution in [0.3, 0.4) is 0 Å². The van der Waals surface area contributed by atoms with Gasteiger partial charge in [0.25, 0.3) is 0 Å². The third kappa shape index (κ3) is 2.01. The fourth-order valence-corrected chi connectivity index (χ4v) is 2.63. The van der Waals surface area contributed by atoms with Crippen LogP contribution in [0.4, 0.5) is 0 Å². The Balaban J connectivity index is 2.36. The van der Waals surface area contributed by atoms with Gasteiger partial charge in [0.2, 0.25) is 0 Å². The van der Waals surface area contributed by atoms with Crippen molar-refractivity contribution >= 4 is 5.97 Å². The Morgan fingerprint density at radius 2 is 1.48 bits per heavy atom. The topological polar surface area (TPSA) is 66.0 Å². The van der Waals surface area contributed by atoms with Gasteiger partial charge in [0.15, 0.2) is 5.41 Å². The van der Waals surface area contributed by atoms with Crippen molar-refractivity contribution in [2.45, 2.75) is 5.41 Å². The first kappa shape index (κ1) is 13.1. The smallest absolute Gasteiger partial charge is 0.326 e. The molecule has 0 unspecified atom stereocenters. The molecule has 1 aromatic heterocycles. The lowest BCUT2D eigenvalue weighted by Gasteiger charge is -2.28. The molecule has 4 nitrogen and oxygen atoms in total. The lowest BCUT2D eigenvalue weighted by molar-refractivity contribution is -0.140. The number of aliphatic carboxylic acids is 1. The number of carbonyl (C=O) groups is 1. The molecule has 21 heavy (non-hydrogen) atoms. The minimum atomic E-state index is -1.34. The second-order valence-electron chi connectivity index (χ2n) is 4.72. The van der Waals surface area contributed by atoms with Gasteiger partial charge in [-0.2, -0.15) is 0 Å². The van der Waals surface area contributed by atoms with Crippen LogP contribution in [0.25, 0.3) is 0 Å². The summed E-state index contributed by atoms with van der Waals surface area (Å²) in [4.78, 5) is 19.5. The number of imidazole rings is 1. The van der Waals surface area contributed by atoms with Crippen LogP contribution in [0, 0.1) is 0 Å². The molecule has 0 aliphatic rings. The van der Waals surface area contributed by atoms with Crippen LogP contribution in [0.15, 0.2) is 73.1 Å². The van der Waals surface area contributed by atoms with Crippen molar-refractivity contribution in [1.82, 2.24) is 9.97 Å². The number of rotatable bonds is 4. The molecule has 2 aromatic carbocycles. The van der Waals surface area contributed by atoms with Gasteiger partial charge in [0.1, 0.15) is 5.82 Å². The molecular formula is C17H14N2O2. The maximum Gasteiger partial charge on any atom is 0.326 e. The summed E-state index contributed by atoms with van der Waals surface area (Å²) in [6, 6.07) is 18.3. The van der Waals surface area contributed by atoms with E-state index in [-0.39, 0.29) is 0 Å². The van der Waals surface area contributed by atoms with Crippen LogP contribution < -0.4 is 0 Å². The van der Waals surface area contributed by atoms with Gasteiger partial charge in [-0.05, 0) is 11.1 Å². The van der Waals surface area contributed by atoms with Gasteiger partial charge < -0.3 is 10.1 Å². The van der Waals surface area contributed by atoms with E-state index in [0.717, 1.165) is 0 Å². The number of benzene rings is 2. The van der Waals surface area contributed by atoms with Gasteiger partial charge >= 0.3 is 5.97 Å². The molecule has 0 spiro atoms. The minimum Gasteiger partial charge on any atom is -0.480 e. The van der Waals surface area contributed by atoms with Crippen LogP contribution in [-0.2, 0) is 10.2 Å². The highest BCUT2D eigenvalue weighted by Gasteiger charge is 2.46. The number of carboxylic acid groups (broad SMARTS) is 1. The summed E-state index contributed by atoms with van der Waals surface area (Å²) >= 11 is 0. The highest BCUT2D eigenvalue weighted by atomic mass is 16.4. The normalized spacial score (nSPS) is 11.2. The lowest BCUT2D eigenvalue weighted by atomic mass is 9.73. The van der Waals surface area contributed by atoms with Gasteiger partial charge in [0, 0.05) is 12.4 Å². The number of H-pyrrole nitrogens is 1. The molecule has 2 N–H and O–H groups in total. The van der Waals surface area contributed by atoms with Crippen molar-refractivity contribution in [2.75, 3.05) is 0 Å². The van der Waals surface area contributed by atoms with Crippen LogP contribution in [-0.4, -0.2) is 21.0 Å². The van der Waals surface area contributed by atoms with Gasteiger partial charge in [0.05, 0.1) is 0 Å². The van der Waals surface area contributed by atoms with Crippen molar-refractivity contribution in [3.05, 3.63) is 90.0 Å². The largest absolute Gasteiger partial charge is 0.480 e. The Morgan fingerprint density at radius 3 is 1.86 bits per heavy atom. The first-order chi connectivity index (χ1) is 10.3. The predicted octanol–water partition coefficient (Wildman–Crippen LogP) is 2.83. The summed E-state index contributed by atoms with van der Waals surface area (Å²) in [6.07, 6.45) is 3.21. The summed E-state index contributed by atoms with van der Waals surface area (Å²) in [5.74, 6) is -0.567. The molecular weight excluding hydrogens is 264 g/mol. The molecule has 0 fully saturated rings. The monoisotopic (exact) mass is 278 g/mol. The number of nitrogens with zero attached hydrogens (tertiary/aromatic N) is 1. The van der Waals surface area contributed by atoms with Crippen molar-refractivity contribution in [3.63, 3.8) is 0 Å². The third-order valence-electron chi connectivity index (χ3n) is 3.59. The number of hydrogen-bond donors (Lipinski definition) is 2. The van der Waals surface area contributed by atoms with E-state index in [1.54, 1.807) is 12.4 Å². The Hall–Kier alpha value is -2.88. The van der Waals surface area contributed by atoms with E-state index < -0.39 is 11.4 Å². The number of aromatic amines is 1. The molecule has 104 valence electrons. The molecule has 0 aliphatic heterocycles. The first-order valence-corrected chi connectivity index (χ1v) is 6.60. The predicted molar refractivity (Wildman–Crippen MR) is 79.0 cm³/mol. The van der Waals surface area contributed by atoms with Crippen molar-refractivity contribution < 1.29 is 9.90 Å². The molecule has 1 heterocycles. The van der Waals surface area contributed by atoms with E-state index in [1.165, 1.54) is 0 Å². The molecule has 0 saturated heterocycles. The SMILES string of the molecule is O=C(O)C(c1ccccc1)(c1ccccc1)c1ncc[nH]1. The highest BCUT2D eigenvalue weighted by Crippen LogP contribution is 2.37. The molecule has 4 heteroatoms. The third-order valence-corrected chi connectivity index (χ3v) is 3.59. The molecule has 0 amide bonds. The quantitative estimate of drug-likeness (QED) is 0.771. The van der Waals surface area contributed by atoms with Gasteiger partial charge in [-0.1, -0.05) is 60.7 Å². The van der Waals surface area contributed by atoms with E-state index in [4.69, 9.17) is 0 Å². The zero-order valence-corrected chi connectivity index (χ0v) is 11.2. The van der Waals surface area contributed by atoms with E-state index >= 15 is 0 Å². The molecule has 0 saturated carbocycles. The maximum atomic E-state index is 12.3. The summed E-state index contributed by atoms with van der Waals surface area (Å²) < 4.78 is 0. The fourth-order valence-electron chi connectivity index (χ4n) is 2.63. The van der Waals surface area contributed by atoms with Crippen LogP contribution in [0.2, 0.25) is 0 Å². The van der Waals surface area contributed by atoms with E-state index in [1.807, 2.05) is 60.7 Å². The molecule has 0 bridgehead atoms. The first-order valence-electron chi connectivity index (χ1n) is 6.60. The number of carboxylic acids is 1. The summed E-state index contributed by atoms with van der Waals surface area (Å²) in [6.45, 7) is 0.